The van der Waals surface area contributed by atoms with Crippen LogP contribution in [0.5, 0.6) is 0 Å². The maximum Gasteiger partial charge on any atom is 0.319 e. The second-order valence-electron chi connectivity index (χ2n) is 5.79. The molecule has 0 spiro atoms. The van der Waals surface area contributed by atoms with Gasteiger partial charge in [0.05, 0.1) is 16.5 Å². The molecule has 0 saturated carbocycles. The lowest BCUT2D eigenvalue weighted by atomic mass is 10.3. The van der Waals surface area contributed by atoms with Crippen LogP contribution in [0.3, 0.4) is 0 Å². The molecule has 154 valence electrons. The summed E-state index contributed by atoms with van der Waals surface area (Å²) in [5.74, 6) is -1.99. The number of nitrogens with one attached hydrogen (secondary N) is 2. The van der Waals surface area contributed by atoms with Gasteiger partial charge in [-0.3, -0.25) is 14.4 Å². The Morgan fingerprint density at radius 2 is 1.76 bits per heavy atom. The molecule has 0 aliphatic heterocycles. The minimum absolute atomic E-state index is 0.0159. The maximum atomic E-state index is 12.8. The molecule has 0 heterocycles. The Hall–Kier alpha value is -2.29. The first kappa shape index (κ1) is 23.0. The van der Waals surface area contributed by atoms with E-state index in [4.69, 9.17) is 27.9 Å². The molecule has 29 heavy (non-hydrogen) atoms. The van der Waals surface area contributed by atoms with Crippen LogP contribution in [0.2, 0.25) is 10.0 Å². The SMILES string of the molecule is CC(SCC(=O)Nc1ccc(F)cc1)C(=O)OCC(=O)Nc1cc(Cl)ccc1Cl. The molecule has 0 bridgehead atoms. The predicted octanol–water partition coefficient (Wildman–Crippen LogP) is 4.37. The Kier molecular flexibility index (Phi) is 8.75. The van der Waals surface area contributed by atoms with Gasteiger partial charge in [0.15, 0.2) is 6.61 Å². The molecule has 10 heteroatoms. The zero-order valence-corrected chi connectivity index (χ0v) is 17.5. The molecule has 2 aromatic rings. The zero-order chi connectivity index (χ0) is 21.4. The minimum atomic E-state index is -0.670. The largest absolute Gasteiger partial charge is 0.455 e. The van der Waals surface area contributed by atoms with E-state index in [-0.39, 0.29) is 11.7 Å². The number of thioether (sulfide) groups is 1. The van der Waals surface area contributed by atoms with Gasteiger partial charge in [0.1, 0.15) is 11.1 Å². The Labute approximate surface area is 181 Å². The van der Waals surface area contributed by atoms with Crippen LogP contribution in [0.15, 0.2) is 42.5 Å². The lowest BCUT2D eigenvalue weighted by Gasteiger charge is -2.12. The minimum Gasteiger partial charge on any atom is -0.455 e. The molecule has 0 aliphatic rings. The van der Waals surface area contributed by atoms with Gasteiger partial charge in [0.25, 0.3) is 5.91 Å². The molecule has 0 fully saturated rings. The van der Waals surface area contributed by atoms with Crippen LogP contribution in [-0.2, 0) is 19.1 Å². The summed E-state index contributed by atoms with van der Waals surface area (Å²) in [5.41, 5.74) is 0.753. The molecule has 0 aliphatic carbocycles. The van der Waals surface area contributed by atoms with Crippen molar-refractivity contribution < 1.29 is 23.5 Å². The second kappa shape index (κ2) is 11.0. The number of carbonyl (C=O) groups excluding carboxylic acids is 3. The van der Waals surface area contributed by atoms with Crippen LogP contribution in [-0.4, -0.2) is 35.4 Å². The standard InChI is InChI=1S/C19H17Cl2FN2O4S/c1-11(29-10-18(26)23-14-5-3-13(22)4-6-14)19(27)28-9-17(25)24-16-8-12(20)2-7-15(16)21/h2-8,11H,9-10H2,1H3,(H,23,26)(H,24,25). The van der Waals surface area contributed by atoms with E-state index in [0.717, 1.165) is 11.8 Å². The summed E-state index contributed by atoms with van der Waals surface area (Å²) < 4.78 is 17.8. The first-order valence-corrected chi connectivity index (χ1v) is 10.1. The summed E-state index contributed by atoms with van der Waals surface area (Å²) >= 11 is 12.8. The van der Waals surface area contributed by atoms with Crippen molar-refractivity contribution in [3.63, 3.8) is 0 Å². The topological polar surface area (TPSA) is 84.5 Å². The van der Waals surface area contributed by atoms with Crippen molar-refractivity contribution >= 4 is 64.1 Å². The average molecular weight is 459 g/mol. The summed E-state index contributed by atoms with van der Waals surface area (Å²) in [7, 11) is 0. The van der Waals surface area contributed by atoms with Gasteiger partial charge < -0.3 is 15.4 Å². The molecule has 2 rings (SSSR count). The van der Waals surface area contributed by atoms with Crippen molar-refractivity contribution in [3.8, 4) is 0 Å². The monoisotopic (exact) mass is 458 g/mol. The fourth-order valence-corrected chi connectivity index (χ4v) is 3.05. The van der Waals surface area contributed by atoms with Crippen molar-refractivity contribution in [1.82, 2.24) is 0 Å². The van der Waals surface area contributed by atoms with Crippen LogP contribution in [0.25, 0.3) is 0 Å². The molecule has 1 unspecified atom stereocenters. The Bertz CT molecular complexity index is 896. The number of anilines is 2. The number of ether oxygens (including phenoxy) is 1. The van der Waals surface area contributed by atoms with Gasteiger partial charge in [-0.15, -0.1) is 11.8 Å². The number of hydrogen-bond acceptors (Lipinski definition) is 5. The van der Waals surface area contributed by atoms with E-state index in [1.165, 1.54) is 36.4 Å². The first-order valence-electron chi connectivity index (χ1n) is 8.33. The van der Waals surface area contributed by atoms with Gasteiger partial charge in [-0.05, 0) is 49.4 Å². The smallest absolute Gasteiger partial charge is 0.319 e. The zero-order valence-electron chi connectivity index (χ0n) is 15.2. The lowest BCUT2D eigenvalue weighted by molar-refractivity contribution is -0.146. The molecule has 6 nitrogen and oxygen atoms in total. The number of esters is 1. The molecule has 0 saturated heterocycles. The van der Waals surface area contributed by atoms with Gasteiger partial charge in [-0.1, -0.05) is 23.2 Å². The fraction of sp³-hybridized carbons (Fsp3) is 0.211. The van der Waals surface area contributed by atoms with Crippen LogP contribution >= 0.6 is 35.0 Å². The van der Waals surface area contributed by atoms with E-state index in [1.807, 2.05) is 0 Å². The van der Waals surface area contributed by atoms with Crippen molar-refractivity contribution in [1.29, 1.82) is 0 Å². The third-order valence-electron chi connectivity index (χ3n) is 3.47. The highest BCUT2D eigenvalue weighted by Gasteiger charge is 2.18. The Morgan fingerprint density at radius 3 is 2.45 bits per heavy atom. The maximum absolute atomic E-state index is 12.8. The third kappa shape index (κ3) is 7.92. The molecule has 2 N–H and O–H groups in total. The summed E-state index contributed by atoms with van der Waals surface area (Å²) in [6, 6.07) is 9.89. The van der Waals surface area contributed by atoms with E-state index in [0.29, 0.717) is 21.4 Å². The van der Waals surface area contributed by atoms with Gasteiger partial charge in [0, 0.05) is 10.7 Å². The van der Waals surface area contributed by atoms with Crippen LogP contribution in [0.1, 0.15) is 6.92 Å². The summed E-state index contributed by atoms with van der Waals surface area (Å²) in [5, 5.41) is 5.10. The van der Waals surface area contributed by atoms with E-state index >= 15 is 0 Å². The Morgan fingerprint density at radius 1 is 1.07 bits per heavy atom. The van der Waals surface area contributed by atoms with E-state index < -0.39 is 29.6 Å². The summed E-state index contributed by atoms with van der Waals surface area (Å²) in [6.45, 7) is 1.05. The number of benzene rings is 2. The van der Waals surface area contributed by atoms with Crippen molar-refractivity contribution in [2.45, 2.75) is 12.2 Å². The van der Waals surface area contributed by atoms with Crippen molar-refractivity contribution in [2.24, 2.45) is 0 Å². The van der Waals surface area contributed by atoms with Gasteiger partial charge in [0.2, 0.25) is 5.91 Å². The normalized spacial score (nSPS) is 11.4. The van der Waals surface area contributed by atoms with Gasteiger partial charge in [-0.2, -0.15) is 0 Å². The molecule has 2 aromatic carbocycles. The van der Waals surface area contributed by atoms with Crippen LogP contribution in [0, 0.1) is 5.82 Å². The molecule has 0 aromatic heterocycles. The molecule has 0 radical (unpaired) electrons. The van der Waals surface area contributed by atoms with E-state index in [1.54, 1.807) is 13.0 Å². The van der Waals surface area contributed by atoms with Crippen LogP contribution in [0.4, 0.5) is 15.8 Å². The quantitative estimate of drug-likeness (QED) is 0.573. The highest BCUT2D eigenvalue weighted by atomic mass is 35.5. The van der Waals surface area contributed by atoms with Crippen LogP contribution < -0.4 is 10.6 Å². The van der Waals surface area contributed by atoms with Gasteiger partial charge in [-0.25, -0.2) is 4.39 Å². The van der Waals surface area contributed by atoms with Gasteiger partial charge >= 0.3 is 5.97 Å². The molecular formula is C19H17Cl2FN2O4S. The average Bonchev–Trinajstić information content (AvgIpc) is 2.68. The number of rotatable bonds is 8. The molecule has 2 amide bonds. The summed E-state index contributed by atoms with van der Waals surface area (Å²) in [6.07, 6.45) is 0. The van der Waals surface area contributed by atoms with Crippen molar-refractivity contribution in [3.05, 3.63) is 58.3 Å². The second-order valence-corrected chi connectivity index (χ2v) is 7.96. The number of halogens is 3. The number of hydrogen-bond donors (Lipinski definition) is 2. The highest BCUT2D eigenvalue weighted by molar-refractivity contribution is 8.01. The van der Waals surface area contributed by atoms with Crippen molar-refractivity contribution in [2.75, 3.05) is 23.0 Å². The number of amides is 2. The van der Waals surface area contributed by atoms with E-state index in [2.05, 4.69) is 10.6 Å². The fourth-order valence-electron chi connectivity index (χ4n) is 2.03. The number of carbonyl (C=O) groups is 3. The Balaban J connectivity index is 1.72. The first-order chi connectivity index (χ1) is 13.7. The lowest BCUT2D eigenvalue weighted by Crippen LogP contribution is -2.26. The highest BCUT2D eigenvalue weighted by Crippen LogP contribution is 2.25. The van der Waals surface area contributed by atoms with E-state index in [9.17, 15) is 18.8 Å². The molecular weight excluding hydrogens is 442 g/mol. The third-order valence-corrected chi connectivity index (χ3v) is 5.16. The summed E-state index contributed by atoms with van der Waals surface area (Å²) in [4.78, 5) is 35.8. The predicted molar refractivity (Wildman–Crippen MR) is 113 cm³/mol. The molecule has 1 atom stereocenters.